The number of carbonyl (C=O) groups is 2. The van der Waals surface area contributed by atoms with Crippen molar-refractivity contribution in [2.45, 2.75) is 25.3 Å². The number of nitrogens with zero attached hydrogens (tertiary/aromatic N) is 1. The third-order valence-corrected chi connectivity index (χ3v) is 5.14. The molecule has 1 aliphatic rings. The van der Waals surface area contributed by atoms with Gasteiger partial charge in [-0.3, -0.25) is 9.69 Å². The third kappa shape index (κ3) is 4.39. The number of hydrogen-bond acceptors (Lipinski definition) is 4. The second kappa shape index (κ2) is 8.52. The maximum atomic E-state index is 12.8. The maximum absolute atomic E-state index is 12.8. The van der Waals surface area contributed by atoms with Crippen molar-refractivity contribution in [1.29, 1.82) is 0 Å². The number of halogens is 1. The van der Waals surface area contributed by atoms with Gasteiger partial charge in [0.05, 0.1) is 18.7 Å². The summed E-state index contributed by atoms with van der Waals surface area (Å²) in [6.45, 7) is 2.09. The second-order valence-corrected chi connectivity index (χ2v) is 7.25. The molecule has 0 bridgehead atoms. The molecule has 3 amide bonds. The van der Waals surface area contributed by atoms with Gasteiger partial charge >= 0.3 is 6.03 Å². The highest BCUT2D eigenvalue weighted by Gasteiger charge is 2.47. The highest BCUT2D eigenvalue weighted by atomic mass is 35.5. The van der Waals surface area contributed by atoms with Crippen LogP contribution in [0.25, 0.3) is 0 Å². The Labute approximate surface area is 169 Å². The zero-order chi connectivity index (χ0) is 20.1. The number of benzene rings is 2. The third-order valence-electron chi connectivity index (χ3n) is 4.83. The van der Waals surface area contributed by atoms with Gasteiger partial charge in [-0.15, -0.1) is 0 Å². The summed E-state index contributed by atoms with van der Waals surface area (Å²) in [7, 11) is 1.62. The van der Waals surface area contributed by atoms with E-state index in [0.717, 1.165) is 11.3 Å². The normalized spacial score (nSPS) is 18.9. The minimum atomic E-state index is -0.929. The van der Waals surface area contributed by atoms with Crippen molar-refractivity contribution in [1.82, 2.24) is 10.2 Å². The molecule has 0 radical (unpaired) electrons. The monoisotopic (exact) mass is 402 g/mol. The van der Waals surface area contributed by atoms with E-state index < -0.39 is 11.6 Å². The fraction of sp³-hybridized carbons (Fsp3) is 0.333. The van der Waals surface area contributed by atoms with Crippen LogP contribution in [0.2, 0.25) is 5.02 Å². The number of imide groups is 1. The van der Waals surface area contributed by atoms with Gasteiger partial charge in [0.25, 0.3) is 5.91 Å². The van der Waals surface area contributed by atoms with E-state index in [0.29, 0.717) is 23.6 Å². The lowest BCUT2D eigenvalue weighted by Gasteiger charge is -2.21. The molecule has 1 atom stereocenters. The topological polar surface area (TPSA) is 67.9 Å². The molecule has 1 saturated heterocycles. The summed E-state index contributed by atoms with van der Waals surface area (Å²) < 4.78 is 10.7. The number of hydrogen-bond donors (Lipinski definition) is 1. The van der Waals surface area contributed by atoms with Crippen LogP contribution in [0.1, 0.15) is 18.9 Å². The molecular weight excluding hydrogens is 380 g/mol. The highest BCUT2D eigenvalue weighted by molar-refractivity contribution is 6.32. The van der Waals surface area contributed by atoms with E-state index in [4.69, 9.17) is 21.1 Å². The van der Waals surface area contributed by atoms with Crippen LogP contribution in [0, 0.1) is 0 Å². The lowest BCUT2D eigenvalue weighted by molar-refractivity contribution is -0.131. The molecule has 28 heavy (non-hydrogen) atoms. The minimum absolute atomic E-state index is 0.161. The van der Waals surface area contributed by atoms with Gasteiger partial charge in [0.1, 0.15) is 23.6 Å². The Morgan fingerprint density at radius 2 is 1.82 bits per heavy atom. The predicted molar refractivity (Wildman–Crippen MR) is 107 cm³/mol. The zero-order valence-corrected chi connectivity index (χ0v) is 16.7. The smallest absolute Gasteiger partial charge is 0.325 e. The summed E-state index contributed by atoms with van der Waals surface area (Å²) in [5, 5.41) is 3.30. The average molecular weight is 403 g/mol. The zero-order valence-electron chi connectivity index (χ0n) is 15.9. The van der Waals surface area contributed by atoms with Gasteiger partial charge in [0, 0.05) is 0 Å². The molecule has 7 heteroatoms. The van der Waals surface area contributed by atoms with E-state index in [9.17, 15) is 9.59 Å². The fourth-order valence-corrected chi connectivity index (χ4v) is 3.31. The van der Waals surface area contributed by atoms with Gasteiger partial charge in [-0.25, -0.2) is 4.79 Å². The van der Waals surface area contributed by atoms with E-state index >= 15 is 0 Å². The molecule has 1 heterocycles. The number of nitrogens with one attached hydrogen (secondary N) is 1. The average Bonchev–Trinajstić information content (AvgIpc) is 2.91. The number of methoxy groups -OCH3 is 1. The first kappa shape index (κ1) is 20.0. The minimum Gasteiger partial charge on any atom is -0.497 e. The summed E-state index contributed by atoms with van der Waals surface area (Å²) in [5.74, 6) is 1.07. The van der Waals surface area contributed by atoms with Gasteiger partial charge in [0.15, 0.2) is 0 Å². The molecule has 1 N–H and O–H groups in total. The van der Waals surface area contributed by atoms with Crippen LogP contribution < -0.4 is 14.8 Å². The van der Waals surface area contributed by atoms with Crippen molar-refractivity contribution < 1.29 is 19.1 Å². The number of amides is 3. The van der Waals surface area contributed by atoms with Crippen molar-refractivity contribution in [3.8, 4) is 11.5 Å². The van der Waals surface area contributed by atoms with E-state index in [2.05, 4.69) is 5.32 Å². The maximum Gasteiger partial charge on any atom is 0.325 e. The van der Waals surface area contributed by atoms with Crippen LogP contribution in [-0.2, 0) is 11.2 Å². The first-order valence-corrected chi connectivity index (χ1v) is 9.45. The van der Waals surface area contributed by atoms with Gasteiger partial charge in [-0.2, -0.15) is 0 Å². The number of urea groups is 1. The first-order chi connectivity index (χ1) is 13.4. The van der Waals surface area contributed by atoms with Gasteiger partial charge in [0.2, 0.25) is 0 Å². The van der Waals surface area contributed by atoms with Crippen molar-refractivity contribution in [2.75, 3.05) is 20.3 Å². The molecule has 3 rings (SSSR count). The lowest BCUT2D eigenvalue weighted by Crippen LogP contribution is -2.44. The largest absolute Gasteiger partial charge is 0.497 e. The summed E-state index contributed by atoms with van der Waals surface area (Å²) in [6, 6.07) is 14.4. The van der Waals surface area contributed by atoms with Crippen LogP contribution in [0.15, 0.2) is 48.5 Å². The lowest BCUT2D eigenvalue weighted by atomic mass is 9.93. The molecule has 0 aliphatic carbocycles. The summed E-state index contributed by atoms with van der Waals surface area (Å²) in [5.41, 5.74) is 0.145. The molecule has 6 nitrogen and oxygen atoms in total. The molecule has 0 saturated carbocycles. The van der Waals surface area contributed by atoms with E-state index in [1.807, 2.05) is 30.3 Å². The Kier molecular flexibility index (Phi) is 6.09. The van der Waals surface area contributed by atoms with Crippen molar-refractivity contribution in [3.63, 3.8) is 0 Å². The summed E-state index contributed by atoms with van der Waals surface area (Å²) >= 11 is 6.05. The van der Waals surface area contributed by atoms with Gasteiger partial charge in [-0.1, -0.05) is 35.9 Å². The molecular formula is C21H23ClN2O4. The summed E-state index contributed by atoms with van der Waals surface area (Å²) in [4.78, 5) is 26.3. The van der Waals surface area contributed by atoms with Crippen LogP contribution in [-0.4, -0.2) is 42.6 Å². The fourth-order valence-electron chi connectivity index (χ4n) is 3.11. The van der Waals surface area contributed by atoms with Crippen molar-refractivity contribution in [3.05, 3.63) is 59.1 Å². The quantitative estimate of drug-likeness (QED) is 0.684. The van der Waals surface area contributed by atoms with Crippen molar-refractivity contribution in [2.24, 2.45) is 0 Å². The van der Waals surface area contributed by atoms with Gasteiger partial charge in [-0.05, 0) is 49.6 Å². The highest BCUT2D eigenvalue weighted by Crippen LogP contribution is 2.25. The molecule has 0 aromatic heterocycles. The molecule has 2 aromatic rings. The standard InChI is InChI=1S/C21H23ClN2O4/c1-21(12-11-15-7-9-16(27-2)10-8-15)19(25)24(20(26)23-21)13-14-28-18-6-4-3-5-17(18)22/h3-10H,11-14H2,1-2H3,(H,23,26)/t21-/m1/s1. The SMILES string of the molecule is COc1ccc(CC[C@@]2(C)NC(=O)N(CCOc3ccccc3Cl)C2=O)cc1. The molecule has 1 fully saturated rings. The molecule has 148 valence electrons. The molecule has 0 unspecified atom stereocenters. The van der Waals surface area contributed by atoms with Crippen molar-refractivity contribution >= 4 is 23.5 Å². The Balaban J connectivity index is 1.56. The van der Waals surface area contributed by atoms with Crippen LogP contribution >= 0.6 is 11.6 Å². The Morgan fingerprint density at radius 1 is 1.11 bits per heavy atom. The summed E-state index contributed by atoms with van der Waals surface area (Å²) in [6.07, 6.45) is 1.17. The number of carbonyl (C=O) groups excluding carboxylic acids is 2. The first-order valence-electron chi connectivity index (χ1n) is 9.07. The van der Waals surface area contributed by atoms with Gasteiger partial charge < -0.3 is 14.8 Å². The van der Waals surface area contributed by atoms with E-state index in [-0.39, 0.29) is 19.1 Å². The number of rotatable bonds is 8. The van der Waals surface area contributed by atoms with E-state index in [1.165, 1.54) is 4.90 Å². The number of ether oxygens (including phenoxy) is 2. The second-order valence-electron chi connectivity index (χ2n) is 6.85. The van der Waals surface area contributed by atoms with E-state index in [1.54, 1.807) is 32.2 Å². The molecule has 2 aromatic carbocycles. The van der Waals surface area contributed by atoms with Crippen LogP contribution in [0.3, 0.4) is 0 Å². The number of aryl methyl sites for hydroxylation is 1. The van der Waals surface area contributed by atoms with Crippen LogP contribution in [0.4, 0.5) is 4.79 Å². The van der Waals surface area contributed by atoms with Crippen LogP contribution in [0.5, 0.6) is 11.5 Å². The Morgan fingerprint density at radius 3 is 2.50 bits per heavy atom. The Hall–Kier alpha value is -2.73. The number of para-hydroxylation sites is 1. The molecule has 1 aliphatic heterocycles. The predicted octanol–water partition coefficient (Wildman–Crippen LogP) is 3.67. The Bertz CT molecular complexity index is 856. The molecule has 0 spiro atoms.